The second kappa shape index (κ2) is 32.0. The normalized spacial score (nSPS) is 22.9. The van der Waals surface area contributed by atoms with Gasteiger partial charge in [-0.1, -0.05) is 124 Å². The number of carbonyl (C=O) groups excluding carboxylic acids is 6. The van der Waals surface area contributed by atoms with Gasteiger partial charge in [0.1, 0.15) is 23.5 Å². The molecule has 7 N–H and O–H groups in total. The number of amides is 6. The van der Waals surface area contributed by atoms with Crippen LogP contribution in [0.25, 0.3) is 0 Å². The van der Waals surface area contributed by atoms with Crippen molar-refractivity contribution in [3.8, 4) is 0 Å². The maximum atomic E-state index is 13.7. The van der Waals surface area contributed by atoms with Crippen LogP contribution in [-0.4, -0.2) is 133 Å². The number of benzene rings is 2. The third kappa shape index (κ3) is 17.5. The first-order valence-electron chi connectivity index (χ1n) is 26.8. The van der Waals surface area contributed by atoms with Gasteiger partial charge >= 0.3 is 0 Å². The monoisotopic (exact) mass is 1040 g/mol. The average molecular weight is 1040 g/mol. The van der Waals surface area contributed by atoms with Crippen molar-refractivity contribution < 1.29 is 28.8 Å². The molecule has 1 saturated carbocycles. The van der Waals surface area contributed by atoms with Crippen LogP contribution in [0, 0.1) is 0 Å². The van der Waals surface area contributed by atoms with Crippen LogP contribution in [0.5, 0.6) is 0 Å². The smallest absolute Gasteiger partial charge is 0.246 e. The third-order valence-corrected chi connectivity index (χ3v) is 14.5. The topological polar surface area (TPSA) is 256 Å². The van der Waals surface area contributed by atoms with Gasteiger partial charge in [-0.2, -0.15) is 0 Å². The van der Waals surface area contributed by atoms with Crippen molar-refractivity contribution >= 4 is 35.9 Å². The van der Waals surface area contributed by atoms with E-state index in [0.29, 0.717) is 42.6 Å². The number of primary amides is 1. The highest BCUT2D eigenvalue weighted by Crippen LogP contribution is 2.42. The Hall–Kier alpha value is -6.54. The molecule has 4 aliphatic heterocycles. The highest BCUT2D eigenvalue weighted by Gasteiger charge is 2.44. The molecule has 0 spiro atoms. The summed E-state index contributed by atoms with van der Waals surface area (Å²) in [6.07, 6.45) is 18.9. The first-order chi connectivity index (χ1) is 35.9. The highest BCUT2D eigenvalue weighted by molar-refractivity contribution is 5.93. The summed E-state index contributed by atoms with van der Waals surface area (Å²) in [5.41, 5.74) is 7.01. The zero-order valence-electron chi connectivity index (χ0n) is 44.4. The molecule has 9 rings (SSSR count). The number of nitrogens with one attached hydrogen (secondary N) is 5. The van der Waals surface area contributed by atoms with Gasteiger partial charge < -0.3 is 42.1 Å². The lowest BCUT2D eigenvalue weighted by molar-refractivity contribution is -0.144. The molecule has 20 nitrogen and oxygen atoms in total. The van der Waals surface area contributed by atoms with Gasteiger partial charge in [0.2, 0.25) is 35.9 Å². The van der Waals surface area contributed by atoms with Crippen molar-refractivity contribution in [3.05, 3.63) is 96.1 Å². The van der Waals surface area contributed by atoms with E-state index in [4.69, 9.17) is 5.73 Å². The molecule has 75 heavy (non-hydrogen) atoms. The number of aromatic nitrogens is 6. The largest absolute Gasteiger partial charge is 0.368 e. The maximum absolute atomic E-state index is 13.7. The molecule has 5 fully saturated rings. The zero-order valence-corrected chi connectivity index (χ0v) is 44.4. The molecule has 2 aromatic heterocycles. The predicted octanol–water partition coefficient (Wildman–Crippen LogP) is 5.29. The zero-order chi connectivity index (χ0) is 53.4. The number of rotatable bonds is 14. The van der Waals surface area contributed by atoms with E-state index in [9.17, 15) is 28.8 Å². The van der Waals surface area contributed by atoms with Crippen molar-refractivity contribution in [1.29, 1.82) is 0 Å². The van der Waals surface area contributed by atoms with E-state index in [0.717, 1.165) is 63.5 Å². The lowest BCUT2D eigenvalue weighted by atomic mass is 9.86. The number of hydrogen-bond acceptors (Lipinski definition) is 12. The van der Waals surface area contributed by atoms with E-state index in [1.54, 1.807) is 32.8 Å². The van der Waals surface area contributed by atoms with E-state index < -0.39 is 24.2 Å². The molecule has 6 amide bonds. The molecule has 1 aliphatic carbocycles. The first kappa shape index (κ1) is 61.0. The van der Waals surface area contributed by atoms with Crippen molar-refractivity contribution in [2.24, 2.45) is 5.73 Å². The minimum absolute atomic E-state index is 0. The number of nitrogens with zero attached hydrogens (tertiary/aromatic N) is 8. The highest BCUT2D eigenvalue weighted by atomic mass is 16.2. The molecule has 0 radical (unpaired) electrons. The Labute approximate surface area is 444 Å². The summed E-state index contributed by atoms with van der Waals surface area (Å²) in [5, 5.41) is 31.7. The summed E-state index contributed by atoms with van der Waals surface area (Å²) in [6.45, 7) is 8.68. The molecule has 0 bridgehead atoms. The molecule has 412 valence electrons. The Balaban J connectivity index is 0.000000351. The lowest BCUT2D eigenvalue weighted by Crippen LogP contribution is -2.57. The van der Waals surface area contributed by atoms with Crippen LogP contribution in [0.4, 0.5) is 0 Å². The fourth-order valence-corrected chi connectivity index (χ4v) is 9.90. The molecule has 20 heteroatoms. The predicted molar refractivity (Wildman–Crippen MR) is 289 cm³/mol. The number of nitrogens with two attached hydrogens (primary N) is 1. The quantitative estimate of drug-likeness (QED) is 0.0881. The fourth-order valence-electron chi connectivity index (χ4n) is 9.90. The van der Waals surface area contributed by atoms with Gasteiger partial charge in [-0.05, 0) is 97.7 Å². The van der Waals surface area contributed by atoms with Gasteiger partial charge in [-0.15, -0.1) is 10.2 Å². The molecule has 5 aliphatic rings. The summed E-state index contributed by atoms with van der Waals surface area (Å²) in [7, 11) is 3.39. The second-order valence-corrected chi connectivity index (χ2v) is 19.3. The van der Waals surface area contributed by atoms with Crippen LogP contribution >= 0.6 is 0 Å². The van der Waals surface area contributed by atoms with Crippen molar-refractivity contribution in [3.63, 3.8) is 0 Å². The van der Waals surface area contributed by atoms with E-state index >= 15 is 0 Å². The van der Waals surface area contributed by atoms with Crippen LogP contribution in [0.2, 0.25) is 0 Å². The Kier molecular flexibility index (Phi) is 26.1. The minimum Gasteiger partial charge on any atom is -0.368 e. The van der Waals surface area contributed by atoms with Gasteiger partial charge in [0.05, 0.1) is 49.1 Å². The van der Waals surface area contributed by atoms with Crippen LogP contribution in [0.15, 0.2) is 79.1 Å². The third-order valence-electron chi connectivity index (χ3n) is 14.5. The van der Waals surface area contributed by atoms with Crippen LogP contribution in [0.3, 0.4) is 0 Å². The Morgan fingerprint density at radius 2 is 1.31 bits per heavy atom. The summed E-state index contributed by atoms with van der Waals surface area (Å²) in [5.74, 6) is -0.535. The molecule has 4 saturated heterocycles. The van der Waals surface area contributed by atoms with E-state index in [-0.39, 0.29) is 61.8 Å². The average Bonchev–Trinajstić information content (AvgIpc) is 4.26. The van der Waals surface area contributed by atoms with E-state index in [2.05, 4.69) is 52.1 Å². The van der Waals surface area contributed by atoms with Crippen LogP contribution in [-0.2, 0) is 35.3 Å². The Bertz CT molecular complexity index is 2300. The molecule has 9 atom stereocenters. The summed E-state index contributed by atoms with van der Waals surface area (Å²) in [6, 6.07) is 20.0. The molecule has 2 aromatic carbocycles. The standard InChI is InChI=1S/C32H43N11O4.C10H17NO.C6H6.C4H10N2O.C2H6.CH4/c1-20(33-2)30(45)36-24-11-7-6-10-23-12-13-28(43(23)32(24)47)31(46)34-16-22-17-41(39-37-22)26-14-15-27(26)42-18-25(38-40-42)29(35-19-44)21-8-4-3-5-9-21;12-10-7-3-1-2-5-9-6-4-8-11(9)10;1-2-4-6-5-3-1;1-3(6-2)4(5)7;1-2;/h3-5,8-9,17-20,23-24,26-29,33H,6-7,10-16H2,1-2H3,(H,34,46)(H,35,44)(H,36,45);9H,1-8H2;1-6H;3,6H,1-2H3,(H2,5,7);1-2H3;1H4/t20-,23?,24?,26?,27?,28?,29?;;;;;/m0...../s1. The fraction of sp³-hybridized carbons (Fsp3) is 0.600. The number of likely N-dealkylation sites (N-methyl/N-ethyl adjacent to an activating group) is 2. The lowest BCUT2D eigenvalue weighted by Gasteiger charge is -2.35. The van der Waals surface area contributed by atoms with E-state index in [1.807, 2.05) is 102 Å². The first-order valence-corrected chi connectivity index (χ1v) is 26.8. The van der Waals surface area contributed by atoms with Gasteiger partial charge in [-0.25, -0.2) is 9.36 Å². The van der Waals surface area contributed by atoms with Gasteiger partial charge in [-0.3, -0.25) is 28.8 Å². The van der Waals surface area contributed by atoms with Crippen molar-refractivity contribution in [2.75, 3.05) is 20.6 Å². The summed E-state index contributed by atoms with van der Waals surface area (Å²) < 4.78 is 3.63. The summed E-state index contributed by atoms with van der Waals surface area (Å²) in [4.78, 5) is 76.5. The Morgan fingerprint density at radius 3 is 1.92 bits per heavy atom. The summed E-state index contributed by atoms with van der Waals surface area (Å²) >= 11 is 0. The van der Waals surface area contributed by atoms with Gasteiger partial charge in [0.15, 0.2) is 0 Å². The van der Waals surface area contributed by atoms with Crippen LogP contribution < -0.4 is 32.3 Å². The van der Waals surface area contributed by atoms with Crippen LogP contribution in [0.1, 0.15) is 167 Å². The minimum atomic E-state index is -0.642. The molecular formula is C55H86N14O6. The second-order valence-electron chi connectivity index (χ2n) is 19.3. The van der Waals surface area contributed by atoms with Crippen molar-refractivity contribution in [1.82, 2.24) is 66.4 Å². The molecule has 6 heterocycles. The Morgan fingerprint density at radius 1 is 0.720 bits per heavy atom. The van der Waals surface area contributed by atoms with E-state index in [1.165, 1.54) is 32.1 Å². The van der Waals surface area contributed by atoms with Gasteiger partial charge in [0.25, 0.3) is 0 Å². The number of hydrogen-bond donors (Lipinski definition) is 6. The van der Waals surface area contributed by atoms with Gasteiger partial charge in [0, 0.05) is 25.0 Å². The van der Waals surface area contributed by atoms with Crippen molar-refractivity contribution in [2.45, 2.75) is 192 Å². The SMILES string of the molecule is C.CC.CNC(C)C(N)=O.CN[C@@H](C)C(=O)NC1CCCCC2CCC(C(=O)NCc3cn(C4CCC4n4cc(C(NC=O)c5ccccc5)nn4)nn3)N2C1=O.O=C1CCCCCC2CCCN12.c1ccccc1. The molecule has 4 aromatic rings. The number of carbonyl (C=O) groups is 6. The molecular weight excluding hydrogens is 953 g/mol. The molecule has 8 unspecified atom stereocenters. The maximum Gasteiger partial charge on any atom is 0.246 e. The number of fused-ring (bicyclic) bond motifs is 2.